The van der Waals surface area contributed by atoms with Crippen LogP contribution in [-0.2, 0) is 6.18 Å². The van der Waals surface area contributed by atoms with E-state index in [-0.39, 0.29) is 17.3 Å². The monoisotopic (exact) mass is 286 g/mol. The Morgan fingerprint density at radius 1 is 1.20 bits per heavy atom. The molecule has 0 aliphatic heterocycles. The number of aryl methyl sites for hydroxylation is 1. The third kappa shape index (κ3) is 2.98. The molecule has 20 heavy (non-hydrogen) atoms. The SMILES string of the molecule is Cc1cc(Oc2cc(C(F)(F)F)ccn2)c(F)cc1N. The minimum absolute atomic E-state index is 0.229. The molecule has 0 bridgehead atoms. The van der Waals surface area contributed by atoms with E-state index in [9.17, 15) is 17.6 Å². The van der Waals surface area contributed by atoms with Gasteiger partial charge in [0.15, 0.2) is 11.6 Å². The van der Waals surface area contributed by atoms with E-state index in [1.54, 1.807) is 6.92 Å². The quantitative estimate of drug-likeness (QED) is 0.672. The van der Waals surface area contributed by atoms with Crippen molar-refractivity contribution in [2.45, 2.75) is 13.1 Å². The molecule has 0 radical (unpaired) electrons. The van der Waals surface area contributed by atoms with E-state index in [0.29, 0.717) is 11.6 Å². The zero-order chi connectivity index (χ0) is 14.9. The highest BCUT2D eigenvalue weighted by Crippen LogP contribution is 2.32. The number of hydrogen-bond donors (Lipinski definition) is 1. The van der Waals surface area contributed by atoms with Crippen molar-refractivity contribution in [3.63, 3.8) is 0 Å². The number of nitrogens with two attached hydrogens (primary N) is 1. The van der Waals surface area contributed by atoms with E-state index < -0.39 is 17.6 Å². The van der Waals surface area contributed by atoms with Gasteiger partial charge in [0.1, 0.15) is 0 Å². The van der Waals surface area contributed by atoms with E-state index in [2.05, 4.69) is 4.98 Å². The molecule has 0 saturated carbocycles. The molecule has 0 atom stereocenters. The topological polar surface area (TPSA) is 48.1 Å². The maximum atomic E-state index is 13.6. The molecule has 1 aromatic carbocycles. The second-order valence-electron chi connectivity index (χ2n) is 4.12. The zero-order valence-electron chi connectivity index (χ0n) is 10.3. The van der Waals surface area contributed by atoms with Crippen molar-refractivity contribution >= 4 is 5.69 Å². The number of nitrogen functional groups attached to an aromatic ring is 1. The van der Waals surface area contributed by atoms with Gasteiger partial charge in [-0.2, -0.15) is 13.2 Å². The molecule has 0 spiro atoms. The minimum atomic E-state index is -4.52. The summed E-state index contributed by atoms with van der Waals surface area (Å²) in [6.07, 6.45) is -3.57. The maximum Gasteiger partial charge on any atom is 0.416 e. The van der Waals surface area contributed by atoms with Gasteiger partial charge in [-0.3, -0.25) is 0 Å². The standard InChI is InChI=1S/C13H10F4N2O/c1-7-4-11(9(14)6-10(7)18)20-12-5-8(2-3-19-12)13(15,16)17/h2-6H,18H2,1H3. The minimum Gasteiger partial charge on any atom is -0.436 e. The lowest BCUT2D eigenvalue weighted by Gasteiger charge is -2.10. The highest BCUT2D eigenvalue weighted by molar-refractivity contribution is 5.51. The van der Waals surface area contributed by atoms with Crippen molar-refractivity contribution in [3.05, 3.63) is 47.4 Å². The smallest absolute Gasteiger partial charge is 0.416 e. The molecule has 3 nitrogen and oxygen atoms in total. The average Bonchev–Trinajstić information content (AvgIpc) is 2.35. The van der Waals surface area contributed by atoms with Gasteiger partial charge in [-0.05, 0) is 24.6 Å². The molecule has 7 heteroatoms. The van der Waals surface area contributed by atoms with Gasteiger partial charge in [-0.25, -0.2) is 9.37 Å². The van der Waals surface area contributed by atoms with Gasteiger partial charge in [-0.1, -0.05) is 0 Å². The maximum absolute atomic E-state index is 13.6. The molecule has 0 amide bonds. The largest absolute Gasteiger partial charge is 0.436 e. The number of alkyl halides is 3. The van der Waals surface area contributed by atoms with Gasteiger partial charge in [0.25, 0.3) is 0 Å². The van der Waals surface area contributed by atoms with Crippen molar-refractivity contribution < 1.29 is 22.3 Å². The van der Waals surface area contributed by atoms with Crippen LogP contribution in [0.5, 0.6) is 11.6 Å². The lowest BCUT2D eigenvalue weighted by molar-refractivity contribution is -0.137. The highest BCUT2D eigenvalue weighted by Gasteiger charge is 2.31. The number of anilines is 1. The summed E-state index contributed by atoms with van der Waals surface area (Å²) in [5, 5.41) is 0. The number of pyridine rings is 1. The van der Waals surface area contributed by atoms with Crippen molar-refractivity contribution in [2.75, 3.05) is 5.73 Å². The van der Waals surface area contributed by atoms with Crippen LogP contribution in [0.4, 0.5) is 23.2 Å². The Morgan fingerprint density at radius 2 is 1.90 bits per heavy atom. The Kier molecular flexibility index (Phi) is 3.52. The van der Waals surface area contributed by atoms with Crippen LogP contribution in [0.1, 0.15) is 11.1 Å². The summed E-state index contributed by atoms with van der Waals surface area (Å²) in [6, 6.07) is 3.84. The Balaban J connectivity index is 2.33. The molecule has 0 fully saturated rings. The van der Waals surface area contributed by atoms with Crippen LogP contribution >= 0.6 is 0 Å². The second-order valence-corrected chi connectivity index (χ2v) is 4.12. The van der Waals surface area contributed by atoms with Crippen LogP contribution in [0.3, 0.4) is 0 Å². The first kappa shape index (κ1) is 14.1. The van der Waals surface area contributed by atoms with Crippen molar-refractivity contribution in [3.8, 4) is 11.6 Å². The summed E-state index contributed by atoms with van der Waals surface area (Å²) >= 11 is 0. The first-order chi connectivity index (χ1) is 9.27. The Morgan fingerprint density at radius 3 is 2.55 bits per heavy atom. The van der Waals surface area contributed by atoms with E-state index in [0.717, 1.165) is 18.3 Å². The third-order valence-corrected chi connectivity index (χ3v) is 2.60. The molecule has 1 heterocycles. The number of nitrogens with zero attached hydrogens (tertiary/aromatic N) is 1. The molecule has 0 saturated heterocycles. The molecule has 106 valence electrons. The normalized spacial score (nSPS) is 11.4. The van der Waals surface area contributed by atoms with Gasteiger partial charge in [-0.15, -0.1) is 0 Å². The summed E-state index contributed by atoms with van der Waals surface area (Å²) in [5.41, 5.74) is 5.36. The summed E-state index contributed by atoms with van der Waals surface area (Å²) in [7, 11) is 0. The Hall–Kier alpha value is -2.31. The van der Waals surface area contributed by atoms with Gasteiger partial charge in [0.05, 0.1) is 5.56 Å². The Labute approximate surface area is 112 Å². The van der Waals surface area contributed by atoms with Crippen LogP contribution in [-0.4, -0.2) is 4.98 Å². The number of ether oxygens (including phenoxy) is 1. The molecular formula is C13H10F4N2O. The lowest BCUT2D eigenvalue weighted by Crippen LogP contribution is -2.05. The fourth-order valence-electron chi connectivity index (χ4n) is 1.50. The van der Waals surface area contributed by atoms with Crippen LogP contribution in [0.2, 0.25) is 0 Å². The van der Waals surface area contributed by atoms with Gasteiger partial charge < -0.3 is 10.5 Å². The molecule has 0 aliphatic rings. The van der Waals surface area contributed by atoms with Gasteiger partial charge in [0.2, 0.25) is 5.88 Å². The first-order valence-electron chi connectivity index (χ1n) is 5.54. The number of benzene rings is 1. The summed E-state index contributed by atoms with van der Waals surface area (Å²) in [6.45, 7) is 1.63. The van der Waals surface area contributed by atoms with Gasteiger partial charge in [0, 0.05) is 24.0 Å². The predicted octanol–water partition coefficient (Wildman–Crippen LogP) is 3.92. The zero-order valence-corrected chi connectivity index (χ0v) is 10.3. The average molecular weight is 286 g/mol. The summed E-state index contributed by atoms with van der Waals surface area (Å²) in [5.74, 6) is -1.35. The number of hydrogen-bond acceptors (Lipinski definition) is 3. The molecular weight excluding hydrogens is 276 g/mol. The lowest BCUT2D eigenvalue weighted by atomic mass is 10.2. The number of halogens is 4. The molecule has 2 rings (SSSR count). The van der Waals surface area contributed by atoms with E-state index in [4.69, 9.17) is 10.5 Å². The highest BCUT2D eigenvalue weighted by atomic mass is 19.4. The predicted molar refractivity (Wildman–Crippen MR) is 64.9 cm³/mol. The van der Waals surface area contributed by atoms with Crippen molar-refractivity contribution in [2.24, 2.45) is 0 Å². The fraction of sp³-hybridized carbons (Fsp3) is 0.154. The Bertz CT molecular complexity index is 641. The third-order valence-electron chi connectivity index (χ3n) is 2.60. The van der Waals surface area contributed by atoms with Crippen LogP contribution in [0, 0.1) is 12.7 Å². The van der Waals surface area contributed by atoms with E-state index in [1.165, 1.54) is 6.07 Å². The van der Waals surface area contributed by atoms with Crippen LogP contribution in [0.25, 0.3) is 0 Å². The fourth-order valence-corrected chi connectivity index (χ4v) is 1.50. The molecule has 1 aromatic heterocycles. The molecule has 0 unspecified atom stereocenters. The first-order valence-corrected chi connectivity index (χ1v) is 5.54. The van der Waals surface area contributed by atoms with Gasteiger partial charge >= 0.3 is 6.18 Å². The van der Waals surface area contributed by atoms with Crippen LogP contribution < -0.4 is 10.5 Å². The molecule has 2 N–H and O–H groups in total. The van der Waals surface area contributed by atoms with E-state index in [1.807, 2.05) is 0 Å². The van der Waals surface area contributed by atoms with Crippen molar-refractivity contribution in [1.29, 1.82) is 0 Å². The summed E-state index contributed by atoms with van der Waals surface area (Å²) < 4.78 is 56.2. The molecule has 0 aliphatic carbocycles. The van der Waals surface area contributed by atoms with E-state index >= 15 is 0 Å². The summed E-state index contributed by atoms with van der Waals surface area (Å²) in [4.78, 5) is 3.62. The molecule has 2 aromatic rings. The second kappa shape index (κ2) is 4.99. The van der Waals surface area contributed by atoms with Crippen molar-refractivity contribution in [1.82, 2.24) is 4.98 Å². The van der Waals surface area contributed by atoms with Crippen LogP contribution in [0.15, 0.2) is 30.5 Å². The number of rotatable bonds is 2. The number of aromatic nitrogens is 1.